The molecule has 1 atom stereocenters. The third-order valence-corrected chi connectivity index (χ3v) is 4.50. The first kappa shape index (κ1) is 14.7. The first-order valence-corrected chi connectivity index (χ1v) is 7.36. The zero-order valence-electron chi connectivity index (χ0n) is 11.9. The Labute approximate surface area is 123 Å². The Kier molecular flexibility index (Phi) is 4.84. The lowest BCUT2D eigenvalue weighted by molar-refractivity contribution is 0.0988. The van der Waals surface area contributed by atoms with E-state index < -0.39 is 0 Å². The standard InChI is InChI=1S/C15H18N2O2S/c1-4-13(20-15-16-9-10-17(15)2)14(18)11-5-7-12(19-3)8-6-11/h5-10,13H,4H2,1-3H3. The van der Waals surface area contributed by atoms with Gasteiger partial charge in [0.25, 0.3) is 0 Å². The van der Waals surface area contributed by atoms with Gasteiger partial charge in [0, 0.05) is 25.0 Å². The zero-order chi connectivity index (χ0) is 14.5. The van der Waals surface area contributed by atoms with Gasteiger partial charge in [0.15, 0.2) is 10.9 Å². The minimum atomic E-state index is -0.121. The van der Waals surface area contributed by atoms with Crippen LogP contribution in [0, 0.1) is 0 Å². The molecule has 2 rings (SSSR count). The lowest BCUT2D eigenvalue weighted by Gasteiger charge is -2.13. The summed E-state index contributed by atoms with van der Waals surface area (Å²) >= 11 is 1.51. The minimum absolute atomic E-state index is 0.121. The molecular weight excluding hydrogens is 272 g/mol. The summed E-state index contributed by atoms with van der Waals surface area (Å²) in [5.74, 6) is 0.884. The summed E-state index contributed by atoms with van der Waals surface area (Å²) in [7, 11) is 3.54. The Morgan fingerprint density at radius 2 is 2.10 bits per heavy atom. The maximum Gasteiger partial charge on any atom is 0.176 e. The molecular formula is C15H18N2O2S. The summed E-state index contributed by atoms with van der Waals surface area (Å²) in [6.07, 6.45) is 4.39. The molecule has 1 aromatic carbocycles. The van der Waals surface area contributed by atoms with Crippen molar-refractivity contribution in [1.82, 2.24) is 9.55 Å². The maximum absolute atomic E-state index is 12.5. The molecule has 20 heavy (non-hydrogen) atoms. The van der Waals surface area contributed by atoms with Crippen LogP contribution in [0.1, 0.15) is 23.7 Å². The fraction of sp³-hybridized carbons (Fsp3) is 0.333. The van der Waals surface area contributed by atoms with Crippen molar-refractivity contribution in [3.63, 3.8) is 0 Å². The second-order valence-electron chi connectivity index (χ2n) is 4.43. The van der Waals surface area contributed by atoms with Crippen molar-refractivity contribution in [1.29, 1.82) is 0 Å². The van der Waals surface area contributed by atoms with E-state index in [4.69, 9.17) is 4.74 Å². The smallest absolute Gasteiger partial charge is 0.176 e. The number of hydrogen-bond acceptors (Lipinski definition) is 4. The van der Waals surface area contributed by atoms with Crippen LogP contribution in [0.25, 0.3) is 0 Å². The highest BCUT2D eigenvalue weighted by Crippen LogP contribution is 2.26. The number of aryl methyl sites for hydroxylation is 1. The summed E-state index contributed by atoms with van der Waals surface area (Å²) in [5.41, 5.74) is 0.708. The van der Waals surface area contributed by atoms with E-state index in [1.54, 1.807) is 13.3 Å². The molecule has 4 nitrogen and oxygen atoms in total. The molecule has 0 aliphatic carbocycles. The third kappa shape index (κ3) is 3.22. The van der Waals surface area contributed by atoms with Gasteiger partial charge >= 0.3 is 0 Å². The highest BCUT2D eigenvalue weighted by Gasteiger charge is 2.21. The van der Waals surface area contributed by atoms with Crippen molar-refractivity contribution in [3.05, 3.63) is 42.2 Å². The molecule has 0 saturated heterocycles. The van der Waals surface area contributed by atoms with Crippen LogP contribution in [0.3, 0.4) is 0 Å². The Hall–Kier alpha value is -1.75. The molecule has 0 spiro atoms. The van der Waals surface area contributed by atoms with Crippen molar-refractivity contribution in [3.8, 4) is 5.75 Å². The van der Waals surface area contributed by atoms with Gasteiger partial charge in [0.05, 0.1) is 12.4 Å². The molecule has 0 aliphatic rings. The van der Waals surface area contributed by atoms with E-state index in [9.17, 15) is 4.79 Å². The molecule has 0 amide bonds. The zero-order valence-corrected chi connectivity index (χ0v) is 12.7. The van der Waals surface area contributed by atoms with Crippen LogP contribution in [0.5, 0.6) is 5.75 Å². The monoisotopic (exact) mass is 290 g/mol. The van der Waals surface area contributed by atoms with E-state index in [-0.39, 0.29) is 11.0 Å². The number of ketones is 1. The van der Waals surface area contributed by atoms with Crippen LogP contribution in [-0.4, -0.2) is 27.7 Å². The van der Waals surface area contributed by atoms with Gasteiger partial charge in [-0.25, -0.2) is 4.98 Å². The molecule has 0 fully saturated rings. The van der Waals surface area contributed by atoms with Crippen LogP contribution in [0.15, 0.2) is 41.8 Å². The number of carbonyl (C=O) groups excluding carboxylic acids is 1. The Morgan fingerprint density at radius 3 is 2.60 bits per heavy atom. The molecule has 2 aromatic rings. The lowest BCUT2D eigenvalue weighted by atomic mass is 10.1. The van der Waals surface area contributed by atoms with Crippen molar-refractivity contribution >= 4 is 17.5 Å². The molecule has 0 saturated carbocycles. The Balaban J connectivity index is 2.14. The highest BCUT2D eigenvalue weighted by molar-refractivity contribution is 8.00. The van der Waals surface area contributed by atoms with Crippen molar-refractivity contribution in [2.75, 3.05) is 7.11 Å². The number of rotatable bonds is 6. The van der Waals surface area contributed by atoms with E-state index in [0.717, 1.165) is 17.3 Å². The van der Waals surface area contributed by atoms with Crippen LogP contribution >= 0.6 is 11.8 Å². The number of hydrogen-bond donors (Lipinski definition) is 0. The number of methoxy groups -OCH3 is 1. The lowest BCUT2D eigenvalue weighted by Crippen LogP contribution is -2.17. The van der Waals surface area contributed by atoms with Crippen molar-refractivity contribution < 1.29 is 9.53 Å². The molecule has 5 heteroatoms. The second-order valence-corrected chi connectivity index (χ2v) is 5.60. The van der Waals surface area contributed by atoms with Gasteiger partial charge in [-0.15, -0.1) is 0 Å². The summed E-state index contributed by atoms with van der Waals surface area (Å²) < 4.78 is 7.03. The number of benzene rings is 1. The fourth-order valence-corrected chi connectivity index (χ4v) is 2.87. The van der Waals surface area contributed by atoms with Crippen LogP contribution in [0.4, 0.5) is 0 Å². The first-order valence-electron chi connectivity index (χ1n) is 6.48. The Bertz CT molecular complexity index is 578. The SMILES string of the molecule is CCC(Sc1nccn1C)C(=O)c1ccc(OC)cc1. The van der Waals surface area contributed by atoms with E-state index in [1.807, 2.05) is 49.0 Å². The number of nitrogens with zero attached hydrogens (tertiary/aromatic N) is 2. The molecule has 0 N–H and O–H groups in total. The van der Waals surface area contributed by atoms with Crippen LogP contribution in [-0.2, 0) is 7.05 Å². The van der Waals surface area contributed by atoms with Gasteiger partial charge in [-0.1, -0.05) is 18.7 Å². The van der Waals surface area contributed by atoms with E-state index in [1.165, 1.54) is 11.8 Å². The van der Waals surface area contributed by atoms with Gasteiger partial charge in [-0.2, -0.15) is 0 Å². The summed E-state index contributed by atoms with van der Waals surface area (Å²) in [6, 6.07) is 7.24. The Morgan fingerprint density at radius 1 is 1.40 bits per heavy atom. The summed E-state index contributed by atoms with van der Waals surface area (Å²) in [5, 5.41) is 0.739. The highest BCUT2D eigenvalue weighted by atomic mass is 32.2. The molecule has 1 aromatic heterocycles. The van der Waals surface area contributed by atoms with Crippen LogP contribution < -0.4 is 4.74 Å². The van der Waals surface area contributed by atoms with E-state index in [2.05, 4.69) is 4.98 Å². The summed E-state index contributed by atoms with van der Waals surface area (Å²) in [6.45, 7) is 2.02. The number of Topliss-reactive ketones (excluding diaryl/α,β-unsaturated/α-hetero) is 1. The van der Waals surface area contributed by atoms with E-state index >= 15 is 0 Å². The van der Waals surface area contributed by atoms with Gasteiger partial charge in [-0.3, -0.25) is 4.79 Å². The predicted octanol–water partition coefficient (Wildman–Crippen LogP) is 3.18. The third-order valence-electron chi connectivity index (χ3n) is 3.06. The van der Waals surface area contributed by atoms with Gasteiger partial charge in [-0.05, 0) is 30.7 Å². The van der Waals surface area contributed by atoms with Gasteiger partial charge in [0.1, 0.15) is 5.75 Å². The quantitative estimate of drug-likeness (QED) is 0.605. The molecule has 0 radical (unpaired) electrons. The first-order chi connectivity index (χ1) is 9.65. The molecule has 0 bridgehead atoms. The molecule has 1 unspecified atom stereocenters. The number of aromatic nitrogens is 2. The summed E-state index contributed by atoms with van der Waals surface area (Å²) in [4.78, 5) is 16.8. The largest absolute Gasteiger partial charge is 0.497 e. The second kappa shape index (κ2) is 6.61. The number of ether oxygens (including phenoxy) is 1. The van der Waals surface area contributed by atoms with Crippen molar-refractivity contribution in [2.45, 2.75) is 23.8 Å². The van der Waals surface area contributed by atoms with Crippen molar-refractivity contribution in [2.24, 2.45) is 7.05 Å². The average molecular weight is 290 g/mol. The van der Waals surface area contributed by atoms with Crippen LogP contribution in [0.2, 0.25) is 0 Å². The average Bonchev–Trinajstić information content (AvgIpc) is 2.89. The normalized spacial score (nSPS) is 12.2. The fourth-order valence-electron chi connectivity index (χ4n) is 1.86. The maximum atomic E-state index is 12.5. The number of carbonyl (C=O) groups is 1. The number of imidazole rings is 1. The number of thioether (sulfide) groups is 1. The molecule has 0 aliphatic heterocycles. The van der Waals surface area contributed by atoms with Gasteiger partial charge < -0.3 is 9.30 Å². The van der Waals surface area contributed by atoms with Gasteiger partial charge in [0.2, 0.25) is 0 Å². The minimum Gasteiger partial charge on any atom is -0.497 e. The van der Waals surface area contributed by atoms with E-state index in [0.29, 0.717) is 5.56 Å². The molecule has 1 heterocycles. The predicted molar refractivity (Wildman–Crippen MR) is 80.5 cm³/mol. The molecule has 106 valence electrons. The topological polar surface area (TPSA) is 44.1 Å².